The van der Waals surface area contributed by atoms with Crippen molar-refractivity contribution in [3.05, 3.63) is 34.8 Å². The van der Waals surface area contributed by atoms with Gasteiger partial charge in [-0.25, -0.2) is 13.1 Å². The third-order valence-electron chi connectivity index (χ3n) is 2.53. The van der Waals surface area contributed by atoms with E-state index in [-0.39, 0.29) is 4.90 Å². The maximum absolute atomic E-state index is 12.0. The highest BCUT2D eigenvalue weighted by Crippen LogP contribution is 2.11. The lowest BCUT2D eigenvalue weighted by atomic mass is 10.4. The second-order valence-corrected chi connectivity index (χ2v) is 6.78. The highest BCUT2D eigenvalue weighted by molar-refractivity contribution is 7.89. The zero-order valence-electron chi connectivity index (χ0n) is 10.3. The van der Waals surface area contributed by atoms with Crippen molar-refractivity contribution < 1.29 is 8.42 Å². The fourth-order valence-electron chi connectivity index (χ4n) is 1.52. The van der Waals surface area contributed by atoms with E-state index < -0.39 is 10.0 Å². The van der Waals surface area contributed by atoms with Gasteiger partial charge in [-0.1, -0.05) is 6.07 Å². The van der Waals surface area contributed by atoms with E-state index in [4.69, 9.17) is 5.73 Å². The van der Waals surface area contributed by atoms with E-state index in [9.17, 15) is 8.42 Å². The van der Waals surface area contributed by atoms with Gasteiger partial charge in [-0.05, 0) is 24.4 Å². The zero-order chi connectivity index (χ0) is 13.7. The molecule has 0 atom stereocenters. The summed E-state index contributed by atoms with van der Waals surface area (Å²) < 4.78 is 28.2. The number of rotatable bonds is 7. The van der Waals surface area contributed by atoms with Gasteiger partial charge in [-0.15, -0.1) is 11.3 Å². The van der Waals surface area contributed by atoms with Gasteiger partial charge in [0.1, 0.15) is 4.90 Å². The first-order valence-corrected chi connectivity index (χ1v) is 8.22. The minimum Gasteiger partial charge on any atom is -0.330 e. The van der Waals surface area contributed by atoms with Crippen molar-refractivity contribution in [3.63, 3.8) is 0 Å². The minimum absolute atomic E-state index is 0.182. The predicted octanol–water partition coefficient (Wildman–Crippen LogP) is 0.772. The number of nitrogens with one attached hydrogen (secondary N) is 1. The Morgan fingerprint density at radius 3 is 3.00 bits per heavy atom. The highest BCUT2D eigenvalue weighted by Gasteiger charge is 2.16. The summed E-state index contributed by atoms with van der Waals surface area (Å²) in [4.78, 5) is 1.15. The molecule has 0 aromatic carbocycles. The molecule has 0 spiro atoms. The molecule has 2 aromatic heterocycles. The number of thiophene rings is 1. The quantitative estimate of drug-likeness (QED) is 0.790. The van der Waals surface area contributed by atoms with E-state index in [1.165, 1.54) is 23.7 Å². The average Bonchev–Trinajstić information content (AvgIpc) is 3.05. The van der Waals surface area contributed by atoms with Gasteiger partial charge in [0.15, 0.2) is 0 Å². The summed E-state index contributed by atoms with van der Waals surface area (Å²) in [5.41, 5.74) is 5.40. The minimum atomic E-state index is -3.50. The largest absolute Gasteiger partial charge is 0.330 e. The summed E-state index contributed by atoms with van der Waals surface area (Å²) in [6.07, 6.45) is 3.64. The Labute approximate surface area is 116 Å². The summed E-state index contributed by atoms with van der Waals surface area (Å²) in [5.74, 6) is 0. The van der Waals surface area contributed by atoms with Crippen molar-refractivity contribution in [1.29, 1.82) is 0 Å². The molecule has 0 bridgehead atoms. The number of hydrogen-bond donors (Lipinski definition) is 2. The van der Waals surface area contributed by atoms with Crippen LogP contribution in [0.15, 0.2) is 34.8 Å². The van der Waals surface area contributed by atoms with Crippen LogP contribution in [-0.4, -0.2) is 24.7 Å². The van der Waals surface area contributed by atoms with Gasteiger partial charge < -0.3 is 5.73 Å². The summed E-state index contributed by atoms with van der Waals surface area (Å²) in [6.45, 7) is 1.48. The first-order chi connectivity index (χ1) is 9.12. The summed E-state index contributed by atoms with van der Waals surface area (Å²) in [6, 6.07) is 3.77. The van der Waals surface area contributed by atoms with Crippen LogP contribution < -0.4 is 10.5 Å². The first-order valence-electron chi connectivity index (χ1n) is 5.86. The van der Waals surface area contributed by atoms with Crippen molar-refractivity contribution >= 4 is 21.4 Å². The summed E-state index contributed by atoms with van der Waals surface area (Å²) in [7, 11) is -3.50. The average molecular weight is 300 g/mol. The smallest absolute Gasteiger partial charge is 0.244 e. The molecule has 0 unspecified atom stereocenters. The van der Waals surface area contributed by atoms with E-state index in [0.29, 0.717) is 19.6 Å². The van der Waals surface area contributed by atoms with Crippen molar-refractivity contribution in [2.45, 2.75) is 24.4 Å². The van der Waals surface area contributed by atoms with Crippen LogP contribution >= 0.6 is 11.3 Å². The van der Waals surface area contributed by atoms with Crippen LogP contribution in [0, 0.1) is 0 Å². The van der Waals surface area contributed by atoms with Crippen molar-refractivity contribution in [2.75, 3.05) is 6.54 Å². The van der Waals surface area contributed by atoms with Crippen LogP contribution in [0.3, 0.4) is 0 Å². The molecule has 0 aliphatic rings. The second kappa shape index (κ2) is 6.29. The number of aryl methyl sites for hydroxylation is 1. The molecule has 0 saturated carbocycles. The molecular weight excluding hydrogens is 284 g/mol. The van der Waals surface area contributed by atoms with Gasteiger partial charge in [0.25, 0.3) is 0 Å². The topological polar surface area (TPSA) is 90.0 Å². The van der Waals surface area contributed by atoms with Gasteiger partial charge >= 0.3 is 0 Å². The molecule has 0 radical (unpaired) electrons. The molecule has 8 heteroatoms. The molecule has 0 fully saturated rings. The van der Waals surface area contributed by atoms with Crippen LogP contribution in [-0.2, 0) is 23.1 Å². The summed E-state index contributed by atoms with van der Waals surface area (Å²) in [5, 5.41) is 5.92. The number of nitrogens with two attached hydrogens (primary N) is 1. The number of sulfonamides is 1. The third-order valence-corrected chi connectivity index (χ3v) is 4.76. The fourth-order valence-corrected chi connectivity index (χ4v) is 3.22. The van der Waals surface area contributed by atoms with Gasteiger partial charge in [0.05, 0.1) is 6.20 Å². The van der Waals surface area contributed by atoms with Crippen molar-refractivity contribution in [2.24, 2.45) is 5.73 Å². The van der Waals surface area contributed by atoms with Crippen molar-refractivity contribution in [1.82, 2.24) is 14.5 Å². The maximum atomic E-state index is 12.0. The second-order valence-electron chi connectivity index (χ2n) is 3.99. The van der Waals surface area contributed by atoms with Crippen LogP contribution in [0.4, 0.5) is 0 Å². The summed E-state index contributed by atoms with van der Waals surface area (Å²) >= 11 is 1.51. The van der Waals surface area contributed by atoms with E-state index in [1.807, 2.05) is 17.5 Å². The lowest BCUT2D eigenvalue weighted by Crippen LogP contribution is -2.22. The highest BCUT2D eigenvalue weighted by atomic mass is 32.2. The van der Waals surface area contributed by atoms with E-state index in [2.05, 4.69) is 9.82 Å². The molecule has 0 amide bonds. The van der Waals surface area contributed by atoms with Gasteiger partial charge in [0, 0.05) is 24.2 Å². The Balaban J connectivity index is 2.00. The molecule has 0 saturated heterocycles. The Morgan fingerprint density at radius 2 is 2.32 bits per heavy atom. The first kappa shape index (κ1) is 14.2. The molecule has 2 aromatic rings. The third kappa shape index (κ3) is 3.87. The molecule has 6 nitrogen and oxygen atoms in total. The van der Waals surface area contributed by atoms with E-state index in [1.54, 1.807) is 4.68 Å². The van der Waals surface area contributed by atoms with Crippen molar-refractivity contribution in [3.8, 4) is 0 Å². The lowest BCUT2D eigenvalue weighted by Gasteiger charge is -2.02. The molecule has 3 N–H and O–H groups in total. The monoisotopic (exact) mass is 300 g/mol. The van der Waals surface area contributed by atoms with Gasteiger partial charge in [0.2, 0.25) is 10.0 Å². The molecular formula is C11H16N4O2S2. The normalized spacial score (nSPS) is 11.8. The molecule has 0 aliphatic carbocycles. The Hall–Kier alpha value is -1.22. The Kier molecular flexibility index (Phi) is 4.70. The van der Waals surface area contributed by atoms with E-state index >= 15 is 0 Å². The molecule has 104 valence electrons. The fraction of sp³-hybridized carbons (Fsp3) is 0.364. The molecule has 2 heterocycles. The number of aromatic nitrogens is 2. The maximum Gasteiger partial charge on any atom is 0.244 e. The number of nitrogens with zero attached hydrogens (tertiary/aromatic N) is 2. The number of hydrogen-bond acceptors (Lipinski definition) is 5. The standard InChI is InChI=1S/C11H16N4O2S2/c12-4-2-5-15-9-11(8-13-15)19(16,17)14-7-10-3-1-6-18-10/h1,3,6,8-9,14H,2,4-5,7,12H2. The predicted molar refractivity (Wildman–Crippen MR) is 74.2 cm³/mol. The zero-order valence-corrected chi connectivity index (χ0v) is 12.0. The van der Waals surface area contributed by atoms with Gasteiger partial charge in [-0.3, -0.25) is 4.68 Å². The lowest BCUT2D eigenvalue weighted by molar-refractivity contribution is 0.576. The Morgan fingerprint density at radius 1 is 1.47 bits per heavy atom. The van der Waals surface area contributed by atoms with E-state index in [0.717, 1.165) is 11.3 Å². The van der Waals surface area contributed by atoms with Crippen LogP contribution in [0.25, 0.3) is 0 Å². The molecule has 0 aliphatic heterocycles. The Bertz CT molecular complexity index is 604. The van der Waals surface area contributed by atoms with Crippen LogP contribution in [0.2, 0.25) is 0 Å². The molecule has 19 heavy (non-hydrogen) atoms. The van der Waals surface area contributed by atoms with Gasteiger partial charge in [-0.2, -0.15) is 5.10 Å². The SMILES string of the molecule is NCCCn1cc(S(=O)(=O)NCc2cccs2)cn1. The van der Waals surface area contributed by atoms with Crippen LogP contribution in [0.5, 0.6) is 0 Å². The van der Waals surface area contributed by atoms with Crippen LogP contribution in [0.1, 0.15) is 11.3 Å². The molecule has 2 rings (SSSR count).